The normalized spacial score (nSPS) is 46.5. The molecular weight excluding hydrogens is 152 g/mol. The van der Waals surface area contributed by atoms with Crippen molar-refractivity contribution in [3.05, 3.63) is 0 Å². The second-order valence-electron chi connectivity index (χ2n) is 4.37. The maximum Gasteiger partial charge on any atom is 0.0465 e. The summed E-state index contributed by atoms with van der Waals surface area (Å²) in [6, 6.07) is 0. The van der Waals surface area contributed by atoms with Crippen LogP contribution in [0, 0.1) is 23.7 Å². The molecule has 2 N–H and O–H groups in total. The molecule has 0 heterocycles. The molecule has 70 valence electrons. The van der Waals surface area contributed by atoms with Gasteiger partial charge >= 0.3 is 0 Å². The zero-order chi connectivity index (χ0) is 8.55. The van der Waals surface area contributed by atoms with Crippen LogP contribution in [0.5, 0.6) is 0 Å². The first-order valence-electron chi connectivity index (χ1n) is 5.08. The van der Waals surface area contributed by atoms with Crippen LogP contribution in [-0.4, -0.2) is 23.4 Å². The van der Waals surface area contributed by atoms with Crippen molar-refractivity contribution in [1.82, 2.24) is 0 Å². The summed E-state index contributed by atoms with van der Waals surface area (Å²) in [6.07, 6.45) is 5.14. The molecular formula is C10H18O2. The van der Waals surface area contributed by atoms with Gasteiger partial charge in [0.15, 0.2) is 0 Å². The first-order chi connectivity index (χ1) is 5.86. The molecule has 3 aliphatic rings. The summed E-state index contributed by atoms with van der Waals surface area (Å²) >= 11 is 0. The molecule has 3 rings (SSSR count). The molecule has 3 saturated carbocycles. The van der Waals surface area contributed by atoms with Crippen molar-refractivity contribution in [2.45, 2.75) is 25.7 Å². The van der Waals surface area contributed by atoms with Gasteiger partial charge in [-0.2, -0.15) is 0 Å². The first kappa shape index (κ1) is 8.52. The SMILES string of the molecule is OCC1C2CCC(CC2)C1CO. The Balaban J connectivity index is 2.10. The number of hydrogen-bond donors (Lipinski definition) is 2. The van der Waals surface area contributed by atoms with E-state index in [1.807, 2.05) is 0 Å². The Hall–Kier alpha value is -0.0800. The predicted octanol–water partition coefficient (Wildman–Crippen LogP) is 1.02. The summed E-state index contributed by atoms with van der Waals surface area (Å²) in [6.45, 7) is 0.568. The summed E-state index contributed by atoms with van der Waals surface area (Å²) in [7, 11) is 0. The second kappa shape index (κ2) is 3.35. The van der Waals surface area contributed by atoms with E-state index in [2.05, 4.69) is 0 Å². The highest BCUT2D eigenvalue weighted by Gasteiger charge is 2.42. The third kappa shape index (κ3) is 1.17. The Bertz CT molecular complexity index is 132. The van der Waals surface area contributed by atoms with Crippen molar-refractivity contribution >= 4 is 0 Å². The van der Waals surface area contributed by atoms with Crippen LogP contribution in [0.15, 0.2) is 0 Å². The topological polar surface area (TPSA) is 40.5 Å². The number of fused-ring (bicyclic) bond motifs is 3. The van der Waals surface area contributed by atoms with Crippen LogP contribution in [0.25, 0.3) is 0 Å². The minimum Gasteiger partial charge on any atom is -0.396 e. The average Bonchev–Trinajstić information content (AvgIpc) is 2.18. The molecule has 0 saturated heterocycles. The van der Waals surface area contributed by atoms with E-state index >= 15 is 0 Å². The Morgan fingerprint density at radius 2 is 1.08 bits per heavy atom. The van der Waals surface area contributed by atoms with Crippen molar-refractivity contribution in [2.24, 2.45) is 23.7 Å². The van der Waals surface area contributed by atoms with Gasteiger partial charge in [-0.3, -0.25) is 0 Å². The average molecular weight is 170 g/mol. The Labute approximate surface area is 73.6 Å². The molecule has 0 aliphatic heterocycles. The monoisotopic (exact) mass is 170 g/mol. The lowest BCUT2D eigenvalue weighted by atomic mass is 9.59. The van der Waals surface area contributed by atoms with Crippen molar-refractivity contribution in [3.8, 4) is 0 Å². The van der Waals surface area contributed by atoms with Gasteiger partial charge in [-0.15, -0.1) is 0 Å². The lowest BCUT2D eigenvalue weighted by Crippen LogP contribution is -2.43. The maximum atomic E-state index is 9.20. The summed E-state index contributed by atoms with van der Waals surface area (Å²) < 4.78 is 0. The molecule has 3 fully saturated rings. The fourth-order valence-electron chi connectivity index (χ4n) is 3.27. The van der Waals surface area contributed by atoms with E-state index in [9.17, 15) is 10.2 Å². The van der Waals surface area contributed by atoms with Gasteiger partial charge in [0.05, 0.1) is 0 Å². The van der Waals surface area contributed by atoms with Crippen molar-refractivity contribution in [2.75, 3.05) is 13.2 Å². The first-order valence-corrected chi connectivity index (χ1v) is 5.08. The van der Waals surface area contributed by atoms with Gasteiger partial charge in [-0.05, 0) is 49.4 Å². The van der Waals surface area contributed by atoms with Gasteiger partial charge in [-0.25, -0.2) is 0 Å². The van der Waals surface area contributed by atoms with Crippen LogP contribution in [0.3, 0.4) is 0 Å². The Morgan fingerprint density at radius 1 is 0.750 bits per heavy atom. The van der Waals surface area contributed by atoms with Crippen LogP contribution < -0.4 is 0 Å². The zero-order valence-corrected chi connectivity index (χ0v) is 7.45. The Kier molecular flexibility index (Phi) is 2.37. The van der Waals surface area contributed by atoms with E-state index in [1.54, 1.807) is 0 Å². The van der Waals surface area contributed by atoms with E-state index in [1.165, 1.54) is 25.7 Å². The summed E-state index contributed by atoms with van der Waals surface area (Å²) in [5, 5.41) is 18.4. The largest absolute Gasteiger partial charge is 0.396 e. The van der Waals surface area contributed by atoms with Gasteiger partial charge < -0.3 is 10.2 Å². The highest BCUT2D eigenvalue weighted by atomic mass is 16.3. The van der Waals surface area contributed by atoms with Crippen LogP contribution in [0.1, 0.15) is 25.7 Å². The van der Waals surface area contributed by atoms with E-state index in [4.69, 9.17) is 0 Å². The van der Waals surface area contributed by atoms with Crippen LogP contribution >= 0.6 is 0 Å². The fourth-order valence-corrected chi connectivity index (χ4v) is 3.27. The number of hydrogen-bond acceptors (Lipinski definition) is 2. The van der Waals surface area contributed by atoms with Gasteiger partial charge in [0.1, 0.15) is 0 Å². The Morgan fingerprint density at radius 3 is 1.33 bits per heavy atom. The van der Waals surface area contributed by atoms with Crippen LogP contribution in [0.4, 0.5) is 0 Å². The predicted molar refractivity (Wildman–Crippen MR) is 46.6 cm³/mol. The minimum atomic E-state index is 0.284. The van der Waals surface area contributed by atoms with E-state index < -0.39 is 0 Å². The summed E-state index contributed by atoms with van der Waals surface area (Å²) in [5.74, 6) is 2.22. The molecule has 2 heteroatoms. The zero-order valence-electron chi connectivity index (χ0n) is 7.45. The summed E-state index contributed by atoms with van der Waals surface area (Å²) in [4.78, 5) is 0. The highest BCUT2D eigenvalue weighted by Crippen LogP contribution is 2.48. The quantitative estimate of drug-likeness (QED) is 0.649. The van der Waals surface area contributed by atoms with Crippen molar-refractivity contribution < 1.29 is 10.2 Å². The molecule has 0 amide bonds. The third-order valence-electron chi connectivity index (χ3n) is 4.00. The van der Waals surface area contributed by atoms with Crippen molar-refractivity contribution in [3.63, 3.8) is 0 Å². The molecule has 0 aromatic carbocycles. The molecule has 12 heavy (non-hydrogen) atoms. The number of aliphatic hydroxyl groups is 2. The van der Waals surface area contributed by atoms with Crippen LogP contribution in [0.2, 0.25) is 0 Å². The third-order valence-corrected chi connectivity index (χ3v) is 4.00. The molecule has 2 atom stereocenters. The van der Waals surface area contributed by atoms with E-state index in [0.717, 1.165) is 0 Å². The number of aliphatic hydroxyl groups excluding tert-OH is 2. The van der Waals surface area contributed by atoms with Gasteiger partial charge in [0.2, 0.25) is 0 Å². The molecule has 2 bridgehead atoms. The van der Waals surface area contributed by atoms with Crippen LogP contribution in [-0.2, 0) is 0 Å². The maximum absolute atomic E-state index is 9.20. The fraction of sp³-hybridized carbons (Fsp3) is 1.00. The number of rotatable bonds is 2. The minimum absolute atomic E-state index is 0.284. The molecule has 0 radical (unpaired) electrons. The van der Waals surface area contributed by atoms with Crippen molar-refractivity contribution in [1.29, 1.82) is 0 Å². The lowest BCUT2D eigenvalue weighted by molar-refractivity contribution is -0.0351. The molecule has 0 aromatic rings. The molecule has 2 unspecified atom stereocenters. The van der Waals surface area contributed by atoms with Gasteiger partial charge in [0.25, 0.3) is 0 Å². The molecule has 3 aliphatic carbocycles. The molecule has 0 spiro atoms. The highest BCUT2D eigenvalue weighted by molar-refractivity contribution is 4.91. The lowest BCUT2D eigenvalue weighted by Gasteiger charge is -2.47. The van der Waals surface area contributed by atoms with Gasteiger partial charge in [0, 0.05) is 13.2 Å². The summed E-state index contributed by atoms with van der Waals surface area (Å²) in [5.41, 5.74) is 0. The van der Waals surface area contributed by atoms with E-state index in [0.29, 0.717) is 23.7 Å². The molecule has 0 aromatic heterocycles. The molecule has 2 nitrogen and oxygen atoms in total. The van der Waals surface area contributed by atoms with E-state index in [-0.39, 0.29) is 13.2 Å². The van der Waals surface area contributed by atoms with Gasteiger partial charge in [-0.1, -0.05) is 0 Å². The standard InChI is InChI=1S/C10H18O2/c11-5-9-7-1-2-8(4-3-7)10(9)6-12/h7-12H,1-6H2. The second-order valence-corrected chi connectivity index (χ2v) is 4.37. The smallest absolute Gasteiger partial charge is 0.0465 e.